The monoisotopic (exact) mass is 348 g/mol. The highest BCUT2D eigenvalue weighted by molar-refractivity contribution is 8.00. The first-order valence-electron chi connectivity index (χ1n) is 8.33. The number of aromatic nitrogens is 1. The molecule has 1 atom stereocenters. The van der Waals surface area contributed by atoms with E-state index in [1.165, 1.54) is 4.90 Å². The van der Waals surface area contributed by atoms with E-state index in [1.54, 1.807) is 6.21 Å². The molecule has 132 valence electrons. The molecule has 0 aromatic carbocycles. The van der Waals surface area contributed by atoms with Gasteiger partial charge >= 0.3 is 6.02 Å². The lowest BCUT2D eigenvalue weighted by Gasteiger charge is -2.42. The van der Waals surface area contributed by atoms with Gasteiger partial charge in [0.1, 0.15) is 0 Å². The predicted octanol–water partition coefficient (Wildman–Crippen LogP) is 4.52. The van der Waals surface area contributed by atoms with E-state index in [4.69, 9.17) is 9.73 Å². The lowest BCUT2D eigenvalue weighted by Crippen LogP contribution is -2.47. The van der Waals surface area contributed by atoms with Crippen LogP contribution in [0, 0.1) is 12.3 Å². The molecule has 1 aromatic rings. The summed E-state index contributed by atoms with van der Waals surface area (Å²) in [6, 6.07) is 2.51. The summed E-state index contributed by atoms with van der Waals surface area (Å²) in [5.74, 6) is 0. The van der Waals surface area contributed by atoms with Crippen molar-refractivity contribution < 1.29 is 4.74 Å². The van der Waals surface area contributed by atoms with Crippen LogP contribution in [0.25, 0.3) is 0 Å². The maximum Gasteiger partial charge on any atom is 0.311 e. The topological polar surface area (TPSA) is 58.9 Å². The number of aryl methyl sites for hydroxylation is 1. The average molecular weight is 349 g/mol. The van der Waals surface area contributed by atoms with Crippen LogP contribution in [0.4, 0.5) is 5.69 Å². The molecule has 0 radical (unpaired) electrons. The Balaban J connectivity index is 2.29. The summed E-state index contributed by atoms with van der Waals surface area (Å²) in [5, 5.41) is 3.84. The van der Waals surface area contributed by atoms with Crippen LogP contribution in [0.15, 0.2) is 27.1 Å². The Morgan fingerprint density at radius 1 is 1.42 bits per heavy atom. The second-order valence-electron chi connectivity index (χ2n) is 6.91. The molecule has 1 aliphatic rings. The highest BCUT2D eigenvalue weighted by Crippen LogP contribution is 2.50. The molecule has 1 aliphatic heterocycles. The van der Waals surface area contributed by atoms with Crippen LogP contribution >= 0.6 is 11.8 Å². The highest BCUT2D eigenvalue weighted by Gasteiger charge is 2.47. The zero-order valence-electron chi connectivity index (χ0n) is 15.7. The number of aliphatic imine (C=N–C) groups is 2. The zero-order valence-corrected chi connectivity index (χ0v) is 16.5. The molecule has 1 aromatic heterocycles. The van der Waals surface area contributed by atoms with E-state index in [-0.39, 0.29) is 16.3 Å². The van der Waals surface area contributed by atoms with E-state index in [1.807, 2.05) is 38.7 Å². The van der Waals surface area contributed by atoms with Crippen LogP contribution in [-0.4, -0.2) is 34.7 Å². The molecule has 0 fully saturated rings. The van der Waals surface area contributed by atoms with Crippen LogP contribution in [0.1, 0.15) is 47.2 Å². The molecule has 24 heavy (non-hydrogen) atoms. The summed E-state index contributed by atoms with van der Waals surface area (Å²) in [7, 11) is 0. The molecule has 0 amide bonds. The fourth-order valence-electron chi connectivity index (χ4n) is 2.47. The first-order valence-corrected chi connectivity index (χ1v) is 9.21. The van der Waals surface area contributed by atoms with Gasteiger partial charge in [0.05, 0.1) is 28.9 Å². The van der Waals surface area contributed by atoms with Crippen molar-refractivity contribution in [3.05, 3.63) is 18.0 Å². The van der Waals surface area contributed by atoms with Crippen LogP contribution in [0.5, 0.6) is 0 Å². The molecule has 2 heterocycles. The lowest BCUT2D eigenvalue weighted by atomic mass is 9.74. The Kier molecular flexibility index (Phi) is 5.58. The number of anilines is 1. The van der Waals surface area contributed by atoms with Gasteiger partial charge in [0, 0.05) is 22.7 Å². The minimum Gasteiger partial charge on any atom is -0.464 e. The van der Waals surface area contributed by atoms with E-state index < -0.39 is 0 Å². The summed E-state index contributed by atoms with van der Waals surface area (Å²) in [5.41, 5.74) is 1.66. The smallest absolute Gasteiger partial charge is 0.311 e. The molecule has 0 bridgehead atoms. The molecule has 2 rings (SSSR count). The van der Waals surface area contributed by atoms with Gasteiger partial charge < -0.3 is 10.1 Å². The summed E-state index contributed by atoms with van der Waals surface area (Å²) >= 11 is 1.84. The quantitative estimate of drug-likeness (QED) is 0.642. The van der Waals surface area contributed by atoms with Crippen LogP contribution in [0.3, 0.4) is 0 Å². The SMILES string of the molecule is CC=NC(=NC(C)(C)C(C)(C)C1Nc2c(ccnc2C)S1)OCC. The van der Waals surface area contributed by atoms with Crippen molar-refractivity contribution in [2.75, 3.05) is 11.9 Å². The third kappa shape index (κ3) is 3.58. The lowest BCUT2D eigenvalue weighted by molar-refractivity contribution is 0.201. The maximum atomic E-state index is 5.57. The van der Waals surface area contributed by atoms with Gasteiger partial charge in [0.25, 0.3) is 0 Å². The number of amidine groups is 1. The second-order valence-corrected chi connectivity index (χ2v) is 8.05. The van der Waals surface area contributed by atoms with Crippen molar-refractivity contribution in [1.82, 2.24) is 4.98 Å². The third-order valence-electron chi connectivity index (χ3n) is 4.74. The van der Waals surface area contributed by atoms with Gasteiger partial charge in [-0.2, -0.15) is 0 Å². The van der Waals surface area contributed by atoms with Crippen molar-refractivity contribution >= 4 is 29.7 Å². The van der Waals surface area contributed by atoms with Crippen molar-refractivity contribution in [2.24, 2.45) is 15.4 Å². The first-order chi connectivity index (χ1) is 11.2. The number of ether oxygens (including phenoxy) is 1. The second kappa shape index (κ2) is 7.13. The minimum atomic E-state index is -0.363. The van der Waals surface area contributed by atoms with Gasteiger partial charge in [-0.1, -0.05) is 25.6 Å². The van der Waals surface area contributed by atoms with Crippen molar-refractivity contribution in [1.29, 1.82) is 0 Å². The van der Waals surface area contributed by atoms with Crippen molar-refractivity contribution in [2.45, 2.75) is 64.3 Å². The Morgan fingerprint density at radius 2 is 2.12 bits per heavy atom. The Bertz CT molecular complexity index is 652. The Hall–Kier alpha value is -1.56. The summed E-state index contributed by atoms with van der Waals surface area (Å²) in [4.78, 5) is 14.7. The highest BCUT2D eigenvalue weighted by atomic mass is 32.2. The molecule has 0 aliphatic carbocycles. The van der Waals surface area contributed by atoms with Gasteiger partial charge in [0.2, 0.25) is 0 Å². The molecule has 0 saturated heterocycles. The van der Waals surface area contributed by atoms with Gasteiger partial charge in [-0.15, -0.1) is 0 Å². The number of pyridine rings is 1. The zero-order chi connectivity index (χ0) is 18.0. The molecule has 5 nitrogen and oxygen atoms in total. The van der Waals surface area contributed by atoms with E-state index in [0.717, 1.165) is 11.4 Å². The first kappa shape index (κ1) is 18.8. The predicted molar refractivity (Wildman–Crippen MR) is 103 cm³/mol. The van der Waals surface area contributed by atoms with Crippen LogP contribution in [-0.2, 0) is 4.74 Å². The molecule has 1 unspecified atom stereocenters. The van der Waals surface area contributed by atoms with E-state index in [2.05, 4.69) is 49.1 Å². The largest absolute Gasteiger partial charge is 0.464 e. The summed E-state index contributed by atoms with van der Waals surface area (Å²) in [6.45, 7) is 15.1. The normalized spacial score (nSPS) is 18.6. The Labute approximate surface area is 149 Å². The number of nitrogens with one attached hydrogen (secondary N) is 1. The van der Waals surface area contributed by atoms with Crippen LogP contribution in [0.2, 0.25) is 0 Å². The molecule has 0 saturated carbocycles. The van der Waals surface area contributed by atoms with E-state index in [0.29, 0.717) is 12.6 Å². The molecular formula is C18H28N4OS. The number of hydrogen-bond donors (Lipinski definition) is 1. The summed E-state index contributed by atoms with van der Waals surface area (Å²) < 4.78 is 5.57. The van der Waals surface area contributed by atoms with E-state index >= 15 is 0 Å². The van der Waals surface area contributed by atoms with Crippen LogP contribution < -0.4 is 5.32 Å². The van der Waals surface area contributed by atoms with Gasteiger partial charge in [-0.25, -0.2) is 9.98 Å². The number of rotatable bonds is 4. The van der Waals surface area contributed by atoms with Crippen molar-refractivity contribution in [3.63, 3.8) is 0 Å². The van der Waals surface area contributed by atoms with E-state index in [9.17, 15) is 0 Å². The third-order valence-corrected chi connectivity index (χ3v) is 6.28. The molecule has 6 heteroatoms. The number of thioether (sulfide) groups is 1. The Morgan fingerprint density at radius 3 is 2.71 bits per heavy atom. The standard InChI is InChI=1S/C18H28N4OS/c1-8-19-16(23-9-2)22-18(6,7)17(4,5)15-21-14-12(3)20-11-10-13(14)24-15/h8,10-11,15,21H,9H2,1-7H3. The number of fused-ring (bicyclic) bond motifs is 1. The summed E-state index contributed by atoms with van der Waals surface area (Å²) in [6.07, 6.45) is 3.58. The fourth-order valence-corrected chi connectivity index (χ4v) is 3.95. The molecular weight excluding hydrogens is 320 g/mol. The maximum absolute atomic E-state index is 5.57. The minimum absolute atomic E-state index is 0.144. The number of nitrogens with zero attached hydrogens (tertiary/aromatic N) is 3. The molecule has 1 N–H and O–H groups in total. The van der Waals surface area contributed by atoms with Gasteiger partial charge in [-0.3, -0.25) is 4.98 Å². The van der Waals surface area contributed by atoms with Crippen molar-refractivity contribution in [3.8, 4) is 0 Å². The molecule has 0 spiro atoms. The van der Waals surface area contributed by atoms with Gasteiger partial charge in [-0.05, 0) is 40.7 Å². The number of hydrogen-bond acceptors (Lipinski definition) is 5. The average Bonchev–Trinajstić information content (AvgIpc) is 2.93. The fraction of sp³-hybridized carbons (Fsp3) is 0.611. The van der Waals surface area contributed by atoms with Gasteiger partial charge in [0.15, 0.2) is 0 Å².